The fourth-order valence-electron chi connectivity index (χ4n) is 2.99. The third-order valence-corrected chi connectivity index (χ3v) is 4.39. The van der Waals surface area contributed by atoms with Gasteiger partial charge in [-0.25, -0.2) is 0 Å². The smallest absolute Gasteiger partial charge is 0.303 e. The normalized spacial score (nSPS) is 12.2. The lowest BCUT2D eigenvalue weighted by molar-refractivity contribution is -0.137. The Morgan fingerprint density at radius 1 is 1.00 bits per heavy atom. The number of carboxylic acid groups (broad SMARTS) is 1. The molecule has 1 heterocycles. The molecule has 0 atom stereocenters. The lowest BCUT2D eigenvalue weighted by atomic mass is 10.0. The van der Waals surface area contributed by atoms with Crippen LogP contribution >= 0.6 is 0 Å². The Morgan fingerprint density at radius 2 is 1.81 bits per heavy atom. The van der Waals surface area contributed by atoms with Gasteiger partial charge in [0.25, 0.3) is 0 Å². The Labute approximate surface area is 153 Å². The zero-order valence-corrected chi connectivity index (χ0v) is 14.8. The summed E-state index contributed by atoms with van der Waals surface area (Å²) in [5.41, 5.74) is 2.23. The molecule has 3 rings (SSSR count). The Kier molecular flexibility index (Phi) is 6.36. The van der Waals surface area contributed by atoms with Crippen LogP contribution in [0.25, 0.3) is 0 Å². The number of rotatable bonds is 10. The molecule has 1 aliphatic rings. The molecule has 2 aromatic carbocycles. The highest BCUT2D eigenvalue weighted by Crippen LogP contribution is 2.33. The van der Waals surface area contributed by atoms with Gasteiger partial charge in [0.2, 0.25) is 6.79 Å². The summed E-state index contributed by atoms with van der Waals surface area (Å²) < 4.78 is 16.7. The first-order chi connectivity index (χ1) is 12.7. The maximum Gasteiger partial charge on any atom is 0.303 e. The van der Waals surface area contributed by atoms with Gasteiger partial charge in [-0.05, 0) is 48.6 Å². The fourth-order valence-corrected chi connectivity index (χ4v) is 2.99. The second kappa shape index (κ2) is 9.13. The minimum absolute atomic E-state index is 0.259. The summed E-state index contributed by atoms with van der Waals surface area (Å²) in [6.45, 7) is 0.751. The van der Waals surface area contributed by atoms with Crippen molar-refractivity contribution in [3.05, 3.63) is 53.6 Å². The van der Waals surface area contributed by atoms with E-state index < -0.39 is 5.97 Å². The van der Waals surface area contributed by atoms with Crippen LogP contribution in [0.3, 0.4) is 0 Å². The van der Waals surface area contributed by atoms with E-state index in [4.69, 9.17) is 19.3 Å². The molecule has 0 spiro atoms. The minimum Gasteiger partial charge on any atom is -0.489 e. The monoisotopic (exact) mass is 356 g/mol. The number of hydrogen-bond donors (Lipinski definition) is 1. The summed E-state index contributed by atoms with van der Waals surface area (Å²) in [6.07, 6.45) is 4.96. The molecule has 0 aliphatic carbocycles. The SMILES string of the molecule is O=C(O)CCCCCCc1ccccc1OCc1ccc2c(c1)OCO2. The zero-order valence-electron chi connectivity index (χ0n) is 14.8. The number of aryl methyl sites for hydroxylation is 1. The van der Waals surface area contributed by atoms with E-state index in [1.807, 2.05) is 36.4 Å². The highest BCUT2D eigenvalue weighted by atomic mass is 16.7. The van der Waals surface area contributed by atoms with Crippen LogP contribution in [0, 0.1) is 0 Å². The van der Waals surface area contributed by atoms with Crippen molar-refractivity contribution in [3.8, 4) is 17.2 Å². The van der Waals surface area contributed by atoms with Gasteiger partial charge in [0.1, 0.15) is 12.4 Å². The van der Waals surface area contributed by atoms with Crippen LogP contribution in [0.1, 0.15) is 43.2 Å². The minimum atomic E-state index is -0.715. The fraction of sp³-hybridized carbons (Fsp3) is 0.381. The van der Waals surface area contributed by atoms with Gasteiger partial charge in [-0.2, -0.15) is 0 Å². The molecular formula is C21H24O5. The first-order valence-corrected chi connectivity index (χ1v) is 9.03. The van der Waals surface area contributed by atoms with Crippen LogP contribution in [-0.4, -0.2) is 17.9 Å². The maximum atomic E-state index is 10.5. The number of aliphatic carboxylic acids is 1. The van der Waals surface area contributed by atoms with Crippen LogP contribution in [0.5, 0.6) is 17.2 Å². The molecule has 5 heteroatoms. The topological polar surface area (TPSA) is 65.0 Å². The molecular weight excluding hydrogens is 332 g/mol. The van der Waals surface area contributed by atoms with Crippen molar-refractivity contribution in [2.75, 3.05) is 6.79 Å². The van der Waals surface area contributed by atoms with Gasteiger partial charge in [0.15, 0.2) is 11.5 Å². The summed E-state index contributed by atoms with van der Waals surface area (Å²) in [4.78, 5) is 10.5. The quantitative estimate of drug-likeness (QED) is 0.632. The lowest BCUT2D eigenvalue weighted by Gasteiger charge is -2.12. The van der Waals surface area contributed by atoms with Crippen molar-refractivity contribution in [2.24, 2.45) is 0 Å². The second-order valence-electron chi connectivity index (χ2n) is 6.39. The molecule has 0 amide bonds. The standard InChI is InChI=1S/C21H24O5/c22-21(23)10-4-2-1-3-7-17-8-5-6-9-18(17)24-14-16-11-12-19-20(13-16)26-15-25-19/h5-6,8-9,11-13H,1-4,7,10,14-15H2,(H,22,23). The number of para-hydroxylation sites is 1. The first-order valence-electron chi connectivity index (χ1n) is 9.03. The largest absolute Gasteiger partial charge is 0.489 e. The second-order valence-corrected chi connectivity index (χ2v) is 6.39. The van der Waals surface area contributed by atoms with Gasteiger partial charge in [0, 0.05) is 6.42 Å². The highest BCUT2D eigenvalue weighted by Gasteiger charge is 2.13. The number of benzene rings is 2. The molecule has 0 saturated carbocycles. The number of hydrogen-bond acceptors (Lipinski definition) is 4. The van der Waals surface area contributed by atoms with Crippen LogP contribution in [-0.2, 0) is 17.8 Å². The van der Waals surface area contributed by atoms with Crippen LogP contribution < -0.4 is 14.2 Å². The average Bonchev–Trinajstić information content (AvgIpc) is 3.11. The molecule has 5 nitrogen and oxygen atoms in total. The zero-order chi connectivity index (χ0) is 18.2. The third kappa shape index (κ3) is 5.15. The Morgan fingerprint density at radius 3 is 2.69 bits per heavy atom. The van der Waals surface area contributed by atoms with Crippen LogP contribution in [0.2, 0.25) is 0 Å². The highest BCUT2D eigenvalue weighted by molar-refractivity contribution is 5.66. The van der Waals surface area contributed by atoms with Crippen molar-refractivity contribution in [3.63, 3.8) is 0 Å². The average molecular weight is 356 g/mol. The van der Waals surface area contributed by atoms with Gasteiger partial charge >= 0.3 is 5.97 Å². The van der Waals surface area contributed by atoms with Crippen molar-refractivity contribution in [1.82, 2.24) is 0 Å². The molecule has 2 aromatic rings. The Hall–Kier alpha value is -2.69. The summed E-state index contributed by atoms with van der Waals surface area (Å²) in [7, 11) is 0. The van der Waals surface area contributed by atoms with E-state index in [9.17, 15) is 4.79 Å². The number of ether oxygens (including phenoxy) is 3. The predicted molar refractivity (Wildman–Crippen MR) is 97.8 cm³/mol. The molecule has 0 aromatic heterocycles. The number of carboxylic acids is 1. The number of carbonyl (C=O) groups is 1. The molecule has 0 unspecified atom stereocenters. The molecule has 26 heavy (non-hydrogen) atoms. The van der Waals surface area contributed by atoms with Crippen molar-refractivity contribution >= 4 is 5.97 Å². The molecule has 0 fully saturated rings. The van der Waals surface area contributed by atoms with Crippen molar-refractivity contribution in [2.45, 2.75) is 45.1 Å². The van der Waals surface area contributed by atoms with Crippen LogP contribution in [0.4, 0.5) is 0 Å². The van der Waals surface area contributed by atoms with E-state index in [1.165, 1.54) is 5.56 Å². The van der Waals surface area contributed by atoms with E-state index in [-0.39, 0.29) is 13.2 Å². The molecule has 0 radical (unpaired) electrons. The molecule has 1 N–H and O–H groups in total. The van der Waals surface area contributed by atoms with Gasteiger partial charge in [-0.1, -0.05) is 37.1 Å². The van der Waals surface area contributed by atoms with Gasteiger partial charge in [-0.15, -0.1) is 0 Å². The number of fused-ring (bicyclic) bond motifs is 1. The van der Waals surface area contributed by atoms with Crippen molar-refractivity contribution in [1.29, 1.82) is 0 Å². The molecule has 0 bridgehead atoms. The molecule has 138 valence electrons. The summed E-state index contributed by atoms with van der Waals surface area (Å²) in [5.74, 6) is 1.72. The van der Waals surface area contributed by atoms with Gasteiger partial charge < -0.3 is 19.3 Å². The summed E-state index contributed by atoms with van der Waals surface area (Å²) >= 11 is 0. The number of unbranched alkanes of at least 4 members (excludes halogenated alkanes) is 3. The predicted octanol–water partition coefficient (Wildman–Crippen LogP) is 4.57. The van der Waals surface area contributed by atoms with Gasteiger partial charge in [-0.3, -0.25) is 4.79 Å². The van der Waals surface area contributed by atoms with E-state index in [0.717, 1.165) is 54.9 Å². The molecule has 0 saturated heterocycles. The summed E-state index contributed by atoms with van der Waals surface area (Å²) in [5, 5.41) is 8.66. The first kappa shape index (κ1) is 18.1. The summed E-state index contributed by atoms with van der Waals surface area (Å²) in [6, 6.07) is 13.9. The van der Waals surface area contributed by atoms with Gasteiger partial charge in [0.05, 0.1) is 0 Å². The van der Waals surface area contributed by atoms with E-state index in [2.05, 4.69) is 6.07 Å². The van der Waals surface area contributed by atoms with E-state index in [1.54, 1.807) is 0 Å². The van der Waals surface area contributed by atoms with Crippen molar-refractivity contribution < 1.29 is 24.1 Å². The Balaban J connectivity index is 1.48. The van der Waals surface area contributed by atoms with E-state index in [0.29, 0.717) is 6.61 Å². The van der Waals surface area contributed by atoms with Crippen LogP contribution in [0.15, 0.2) is 42.5 Å². The van der Waals surface area contributed by atoms with E-state index >= 15 is 0 Å². The maximum absolute atomic E-state index is 10.5. The lowest BCUT2D eigenvalue weighted by Crippen LogP contribution is -1.99. The third-order valence-electron chi connectivity index (χ3n) is 4.39. The molecule has 1 aliphatic heterocycles. The Bertz CT molecular complexity index is 741.